The number of rotatable bonds is 7. The number of methoxy groups -OCH3 is 1. The van der Waals surface area contributed by atoms with E-state index in [0.29, 0.717) is 12.0 Å². The highest BCUT2D eigenvalue weighted by Gasteiger charge is 2.29. The Morgan fingerprint density at radius 2 is 1.96 bits per heavy atom. The van der Waals surface area contributed by atoms with Crippen molar-refractivity contribution in [2.24, 2.45) is 7.05 Å². The van der Waals surface area contributed by atoms with Crippen LogP contribution in [0.3, 0.4) is 0 Å². The highest BCUT2D eigenvalue weighted by molar-refractivity contribution is 7.18. The second kappa shape index (κ2) is 8.65. The molecule has 0 aliphatic carbocycles. The molecule has 10 nitrogen and oxygen atoms in total. The predicted octanol–water partition coefficient (Wildman–Crippen LogP) is 2.09. The summed E-state index contributed by atoms with van der Waals surface area (Å²) in [6.45, 7) is 3.53. The molecule has 1 amide bonds. The van der Waals surface area contributed by atoms with Crippen molar-refractivity contribution in [3.05, 3.63) is 33.5 Å². The van der Waals surface area contributed by atoms with Crippen LogP contribution in [0.25, 0.3) is 0 Å². The molecule has 2 aromatic heterocycles. The molecule has 0 aliphatic rings. The van der Waals surface area contributed by atoms with E-state index in [2.05, 4.69) is 10.4 Å². The Hall–Kier alpha value is -3.21. The van der Waals surface area contributed by atoms with Crippen molar-refractivity contribution >= 4 is 40.2 Å². The molecule has 0 spiro atoms. The lowest BCUT2D eigenvalue weighted by Gasteiger charge is -2.07. The first-order valence-corrected chi connectivity index (χ1v) is 8.99. The van der Waals surface area contributed by atoms with Gasteiger partial charge in [-0.2, -0.15) is 5.10 Å². The summed E-state index contributed by atoms with van der Waals surface area (Å²) in [4.78, 5) is 48.5. The second-order valence-electron chi connectivity index (χ2n) is 5.68. The van der Waals surface area contributed by atoms with Crippen LogP contribution in [-0.4, -0.2) is 52.4 Å². The largest absolute Gasteiger partial charge is 0.477 e. The molecule has 2 N–H and O–H groups in total. The summed E-state index contributed by atoms with van der Waals surface area (Å²) in [5, 5.41) is 15.6. The molecule has 0 unspecified atom stereocenters. The van der Waals surface area contributed by atoms with Crippen molar-refractivity contribution in [2.75, 3.05) is 19.0 Å². The molecule has 0 aromatic carbocycles. The maximum atomic E-state index is 12.6. The number of carbonyl (C=O) groups is 4. The van der Waals surface area contributed by atoms with Gasteiger partial charge in [0.05, 0.1) is 31.0 Å². The molecular formula is C17H19N3O7S. The van der Waals surface area contributed by atoms with E-state index < -0.39 is 23.8 Å². The van der Waals surface area contributed by atoms with Crippen LogP contribution in [0.15, 0.2) is 6.20 Å². The first-order valence-electron chi connectivity index (χ1n) is 8.18. The second-order valence-corrected chi connectivity index (χ2v) is 6.70. The number of amides is 1. The van der Waals surface area contributed by atoms with Gasteiger partial charge in [-0.3, -0.25) is 9.48 Å². The molecule has 0 bridgehead atoms. The van der Waals surface area contributed by atoms with Crippen LogP contribution in [0.2, 0.25) is 0 Å². The summed E-state index contributed by atoms with van der Waals surface area (Å²) in [6, 6.07) is 0. The molecule has 2 aromatic rings. The first kappa shape index (κ1) is 21.1. The summed E-state index contributed by atoms with van der Waals surface area (Å²) in [5.41, 5.74) is -0.173. The molecule has 0 saturated carbocycles. The average Bonchev–Trinajstić information content (AvgIpc) is 3.19. The number of nitrogens with one attached hydrogen (secondary N) is 1. The Morgan fingerprint density at radius 3 is 2.54 bits per heavy atom. The molecule has 11 heteroatoms. The van der Waals surface area contributed by atoms with Crippen molar-refractivity contribution < 1.29 is 33.8 Å². The summed E-state index contributed by atoms with van der Waals surface area (Å²) in [6.07, 6.45) is 1.70. The number of esters is 2. The van der Waals surface area contributed by atoms with Gasteiger partial charge in [0, 0.05) is 7.05 Å². The van der Waals surface area contributed by atoms with E-state index in [1.165, 1.54) is 21.1 Å². The molecule has 0 aliphatic heterocycles. The number of hydrogen-bond donors (Lipinski definition) is 2. The van der Waals surface area contributed by atoms with Crippen molar-refractivity contribution in [1.82, 2.24) is 9.78 Å². The van der Waals surface area contributed by atoms with Crippen molar-refractivity contribution in [2.45, 2.75) is 20.3 Å². The van der Waals surface area contributed by atoms with E-state index >= 15 is 0 Å². The smallest absolute Gasteiger partial charge is 0.354 e. The number of thiophene rings is 1. The summed E-state index contributed by atoms with van der Waals surface area (Å²) in [5.74, 6) is -3.48. The maximum Gasteiger partial charge on any atom is 0.354 e. The Balaban J connectivity index is 2.46. The third-order valence-electron chi connectivity index (χ3n) is 3.77. The molecular weight excluding hydrogens is 390 g/mol. The van der Waals surface area contributed by atoms with Crippen LogP contribution >= 0.6 is 11.3 Å². The zero-order valence-corrected chi connectivity index (χ0v) is 16.5. The van der Waals surface area contributed by atoms with E-state index in [1.807, 2.05) is 6.92 Å². The number of ether oxygens (including phenoxy) is 2. The minimum absolute atomic E-state index is 0.0213. The number of carboxylic acids is 1. The normalized spacial score (nSPS) is 10.4. The highest BCUT2D eigenvalue weighted by atomic mass is 32.1. The number of aryl methyl sites for hydroxylation is 1. The number of aromatic nitrogens is 2. The average molecular weight is 409 g/mol. The fraction of sp³-hybridized carbons (Fsp3) is 0.353. The zero-order valence-electron chi connectivity index (χ0n) is 15.7. The fourth-order valence-corrected chi connectivity index (χ4v) is 3.54. The molecule has 0 radical (unpaired) electrons. The topological polar surface area (TPSA) is 137 Å². The monoisotopic (exact) mass is 409 g/mol. The lowest BCUT2D eigenvalue weighted by molar-refractivity contribution is 0.0505. The quantitative estimate of drug-likeness (QED) is 0.663. The highest BCUT2D eigenvalue weighted by Crippen LogP contribution is 2.34. The van der Waals surface area contributed by atoms with Crippen molar-refractivity contribution in [3.8, 4) is 0 Å². The van der Waals surface area contributed by atoms with Gasteiger partial charge < -0.3 is 19.9 Å². The number of hydrogen-bond acceptors (Lipinski definition) is 8. The van der Waals surface area contributed by atoms with E-state index in [9.17, 15) is 24.3 Å². The van der Waals surface area contributed by atoms with Gasteiger partial charge in [0.25, 0.3) is 5.91 Å². The molecule has 28 heavy (non-hydrogen) atoms. The third-order valence-corrected chi connectivity index (χ3v) is 4.96. The van der Waals surface area contributed by atoms with Gasteiger partial charge in [-0.1, -0.05) is 6.92 Å². The van der Waals surface area contributed by atoms with Crippen LogP contribution in [0.5, 0.6) is 0 Å². The maximum absolute atomic E-state index is 12.6. The van der Waals surface area contributed by atoms with Crippen molar-refractivity contribution in [1.29, 1.82) is 0 Å². The zero-order chi connectivity index (χ0) is 21.0. The van der Waals surface area contributed by atoms with Crippen LogP contribution in [0, 0.1) is 6.92 Å². The van der Waals surface area contributed by atoms with Crippen molar-refractivity contribution in [3.63, 3.8) is 0 Å². The number of nitrogens with zero attached hydrogens (tertiary/aromatic N) is 2. The Bertz CT molecular complexity index is 945. The molecule has 150 valence electrons. The minimum atomic E-state index is -1.33. The van der Waals surface area contributed by atoms with Crippen LogP contribution < -0.4 is 5.32 Å². The summed E-state index contributed by atoms with van der Waals surface area (Å²) >= 11 is 0.843. The molecule has 2 heterocycles. The molecule has 0 fully saturated rings. The molecule has 0 saturated heterocycles. The van der Waals surface area contributed by atoms with Gasteiger partial charge in [-0.05, 0) is 18.9 Å². The SMILES string of the molecule is CCCOC(=O)c1c(NC(=O)c2cnn(C)c2C(=O)O)sc(C(=O)OC)c1C. The minimum Gasteiger partial charge on any atom is -0.477 e. The van der Waals surface area contributed by atoms with Gasteiger partial charge >= 0.3 is 17.9 Å². The van der Waals surface area contributed by atoms with E-state index in [-0.39, 0.29) is 33.3 Å². The molecule has 0 atom stereocenters. The van der Waals surface area contributed by atoms with Gasteiger partial charge in [-0.25, -0.2) is 14.4 Å². The first-order chi connectivity index (χ1) is 13.2. The summed E-state index contributed by atoms with van der Waals surface area (Å²) in [7, 11) is 2.59. The lowest BCUT2D eigenvalue weighted by atomic mass is 10.1. The van der Waals surface area contributed by atoms with E-state index in [0.717, 1.165) is 22.2 Å². The van der Waals surface area contributed by atoms with Gasteiger partial charge in [-0.15, -0.1) is 11.3 Å². The predicted molar refractivity (Wildman–Crippen MR) is 99.1 cm³/mol. The van der Waals surface area contributed by atoms with Gasteiger partial charge in [0.15, 0.2) is 5.69 Å². The van der Waals surface area contributed by atoms with Gasteiger partial charge in [0.1, 0.15) is 9.88 Å². The van der Waals surface area contributed by atoms with Gasteiger partial charge in [0.2, 0.25) is 0 Å². The van der Waals surface area contributed by atoms with Crippen LogP contribution in [0.1, 0.15) is 59.8 Å². The number of anilines is 1. The Kier molecular flexibility index (Phi) is 6.52. The number of carboxylic acid groups (broad SMARTS) is 1. The van der Waals surface area contributed by atoms with E-state index in [4.69, 9.17) is 9.47 Å². The third kappa shape index (κ3) is 4.03. The summed E-state index contributed by atoms with van der Waals surface area (Å²) < 4.78 is 10.9. The molecule has 2 rings (SSSR count). The van der Waals surface area contributed by atoms with Crippen LogP contribution in [0.4, 0.5) is 5.00 Å². The lowest BCUT2D eigenvalue weighted by Crippen LogP contribution is -2.18. The number of carbonyl (C=O) groups excluding carboxylic acids is 3. The van der Waals surface area contributed by atoms with Crippen LogP contribution in [-0.2, 0) is 16.5 Å². The fourth-order valence-electron chi connectivity index (χ4n) is 2.43. The standard InChI is InChI=1S/C17H19N3O7S/c1-5-6-27-16(24)10-8(2)12(17(25)26-4)28-14(10)19-13(21)9-7-18-20(3)11(9)15(22)23/h7H,5-6H2,1-4H3,(H,19,21)(H,22,23). The Morgan fingerprint density at radius 1 is 1.29 bits per heavy atom. The number of aromatic carboxylic acids is 1. The van der Waals surface area contributed by atoms with E-state index in [1.54, 1.807) is 0 Å². The Labute approximate surface area is 164 Å².